The van der Waals surface area contributed by atoms with Crippen molar-refractivity contribution in [1.82, 2.24) is 19.8 Å². The topological polar surface area (TPSA) is 105 Å². The summed E-state index contributed by atoms with van der Waals surface area (Å²) in [6, 6.07) is 6.04. The van der Waals surface area contributed by atoms with E-state index in [0.717, 1.165) is 6.42 Å². The molecule has 1 aliphatic heterocycles. The van der Waals surface area contributed by atoms with Crippen LogP contribution in [0, 0.1) is 0 Å². The van der Waals surface area contributed by atoms with E-state index in [1.165, 1.54) is 22.8 Å². The first-order chi connectivity index (χ1) is 12.5. The van der Waals surface area contributed by atoms with Crippen molar-refractivity contribution >= 4 is 15.9 Å². The molecular formula is C17H20N4O4S. The largest absolute Gasteiger partial charge is 0.349 e. The summed E-state index contributed by atoms with van der Waals surface area (Å²) in [5.41, 5.74) is 0.291. The lowest BCUT2D eigenvalue weighted by atomic mass is 9.99. The van der Waals surface area contributed by atoms with E-state index in [1.807, 2.05) is 0 Å². The first-order valence-electron chi connectivity index (χ1n) is 8.28. The van der Waals surface area contributed by atoms with Gasteiger partial charge in [0.15, 0.2) is 5.82 Å². The van der Waals surface area contributed by atoms with Crippen LogP contribution >= 0.6 is 0 Å². The van der Waals surface area contributed by atoms with Gasteiger partial charge >= 0.3 is 0 Å². The number of hydrogen-bond acceptors (Lipinski definition) is 6. The zero-order valence-electron chi connectivity index (χ0n) is 14.2. The van der Waals surface area contributed by atoms with Crippen molar-refractivity contribution in [2.45, 2.75) is 23.7 Å². The Balaban J connectivity index is 1.81. The molecule has 0 spiro atoms. The van der Waals surface area contributed by atoms with Gasteiger partial charge in [-0.1, -0.05) is 17.3 Å². The molecule has 1 aromatic heterocycles. The van der Waals surface area contributed by atoms with E-state index in [2.05, 4.69) is 22.0 Å². The molecule has 0 unspecified atom stereocenters. The third-order valence-electron chi connectivity index (χ3n) is 4.27. The van der Waals surface area contributed by atoms with Crippen molar-refractivity contribution < 1.29 is 17.7 Å². The molecule has 1 fully saturated rings. The van der Waals surface area contributed by atoms with E-state index in [4.69, 9.17) is 4.52 Å². The van der Waals surface area contributed by atoms with Crippen LogP contribution in [0.25, 0.3) is 0 Å². The maximum Gasteiger partial charge on any atom is 0.251 e. The molecule has 1 aromatic carbocycles. The average molecular weight is 376 g/mol. The zero-order chi connectivity index (χ0) is 18.6. The number of aromatic nitrogens is 2. The number of rotatable bonds is 6. The summed E-state index contributed by atoms with van der Waals surface area (Å²) < 4.78 is 32.2. The van der Waals surface area contributed by atoms with Crippen LogP contribution in [0.3, 0.4) is 0 Å². The number of nitrogens with zero attached hydrogens (tertiary/aromatic N) is 3. The summed E-state index contributed by atoms with van der Waals surface area (Å²) >= 11 is 0. The number of piperidine rings is 1. The Labute approximate surface area is 151 Å². The first kappa shape index (κ1) is 18.3. The van der Waals surface area contributed by atoms with Gasteiger partial charge in [-0.05, 0) is 31.0 Å². The number of sulfonamides is 1. The van der Waals surface area contributed by atoms with Crippen molar-refractivity contribution in [3.05, 3.63) is 54.7 Å². The van der Waals surface area contributed by atoms with E-state index >= 15 is 0 Å². The molecule has 1 N–H and O–H groups in total. The molecule has 8 nitrogen and oxygen atoms in total. The molecule has 3 rings (SSSR count). The molecule has 0 aliphatic carbocycles. The smallest absolute Gasteiger partial charge is 0.251 e. The second-order valence-corrected chi connectivity index (χ2v) is 7.96. The fourth-order valence-electron chi connectivity index (χ4n) is 2.94. The second kappa shape index (κ2) is 7.79. The molecule has 1 aliphatic rings. The van der Waals surface area contributed by atoms with Crippen LogP contribution in [0.1, 0.15) is 34.9 Å². The summed E-state index contributed by atoms with van der Waals surface area (Å²) in [4.78, 5) is 16.2. The highest BCUT2D eigenvalue weighted by Crippen LogP contribution is 2.28. The fourth-order valence-corrected chi connectivity index (χ4v) is 4.51. The summed E-state index contributed by atoms with van der Waals surface area (Å²) in [5.74, 6) is 0.0732. The molecule has 0 bridgehead atoms. The van der Waals surface area contributed by atoms with Crippen LogP contribution in [0.2, 0.25) is 0 Å². The Hall–Kier alpha value is -2.52. The van der Waals surface area contributed by atoms with E-state index in [9.17, 15) is 13.2 Å². The van der Waals surface area contributed by atoms with Crippen molar-refractivity contribution in [2.24, 2.45) is 0 Å². The quantitative estimate of drug-likeness (QED) is 0.767. The van der Waals surface area contributed by atoms with Crippen LogP contribution < -0.4 is 5.32 Å². The summed E-state index contributed by atoms with van der Waals surface area (Å²) in [5, 5.41) is 6.47. The highest BCUT2D eigenvalue weighted by atomic mass is 32.2. The third-order valence-corrected chi connectivity index (χ3v) is 6.13. The van der Waals surface area contributed by atoms with Gasteiger partial charge in [0, 0.05) is 31.1 Å². The Morgan fingerprint density at radius 1 is 1.46 bits per heavy atom. The number of hydrogen-bond donors (Lipinski definition) is 1. The van der Waals surface area contributed by atoms with Gasteiger partial charge in [0.25, 0.3) is 5.91 Å². The number of carbonyl (C=O) groups excluding carboxylic acids is 1. The summed E-state index contributed by atoms with van der Waals surface area (Å²) in [6.07, 6.45) is 4.31. The fraction of sp³-hybridized carbons (Fsp3) is 0.353. The number of benzene rings is 1. The van der Waals surface area contributed by atoms with E-state index < -0.39 is 10.0 Å². The molecule has 1 saturated heterocycles. The molecule has 0 radical (unpaired) electrons. The van der Waals surface area contributed by atoms with Crippen LogP contribution in [0.5, 0.6) is 0 Å². The third kappa shape index (κ3) is 3.83. The lowest BCUT2D eigenvalue weighted by molar-refractivity contribution is 0.0958. The Kier molecular flexibility index (Phi) is 5.48. The second-order valence-electron chi connectivity index (χ2n) is 6.02. The van der Waals surface area contributed by atoms with Gasteiger partial charge in [-0.15, -0.1) is 6.58 Å². The number of amides is 1. The molecule has 2 heterocycles. The molecule has 2 aromatic rings. The van der Waals surface area contributed by atoms with E-state index in [1.54, 1.807) is 18.2 Å². The van der Waals surface area contributed by atoms with E-state index in [-0.39, 0.29) is 23.3 Å². The van der Waals surface area contributed by atoms with Gasteiger partial charge in [-0.2, -0.15) is 9.29 Å². The predicted molar refractivity (Wildman–Crippen MR) is 94.0 cm³/mol. The van der Waals surface area contributed by atoms with Crippen molar-refractivity contribution in [2.75, 3.05) is 19.6 Å². The zero-order valence-corrected chi connectivity index (χ0v) is 15.0. The lowest BCUT2D eigenvalue weighted by Crippen LogP contribution is -2.39. The minimum absolute atomic E-state index is 0.0949. The Morgan fingerprint density at radius 2 is 2.31 bits per heavy atom. The maximum atomic E-state index is 13.0. The van der Waals surface area contributed by atoms with Crippen molar-refractivity contribution in [3.63, 3.8) is 0 Å². The molecule has 138 valence electrons. The highest BCUT2D eigenvalue weighted by Gasteiger charge is 2.32. The van der Waals surface area contributed by atoms with Gasteiger partial charge in [-0.3, -0.25) is 4.79 Å². The van der Waals surface area contributed by atoms with Crippen LogP contribution in [0.15, 0.2) is 52.7 Å². The molecule has 1 amide bonds. The summed E-state index contributed by atoms with van der Waals surface area (Å²) in [6.45, 7) is 4.56. The van der Waals surface area contributed by atoms with Gasteiger partial charge < -0.3 is 9.84 Å². The normalized spacial score (nSPS) is 18.4. The molecule has 1 atom stereocenters. The average Bonchev–Trinajstić information content (AvgIpc) is 3.21. The Bertz CT molecular complexity index is 880. The number of nitrogens with one attached hydrogen (secondary N) is 1. The lowest BCUT2D eigenvalue weighted by Gasteiger charge is -2.30. The van der Waals surface area contributed by atoms with Crippen LogP contribution in [-0.4, -0.2) is 48.4 Å². The van der Waals surface area contributed by atoms with Gasteiger partial charge in [-0.25, -0.2) is 8.42 Å². The van der Waals surface area contributed by atoms with E-state index in [0.29, 0.717) is 30.9 Å². The van der Waals surface area contributed by atoms with Gasteiger partial charge in [0.2, 0.25) is 16.4 Å². The predicted octanol–water partition coefficient (Wildman–Crippen LogP) is 1.55. The summed E-state index contributed by atoms with van der Waals surface area (Å²) in [7, 11) is -3.72. The minimum Gasteiger partial charge on any atom is -0.349 e. The van der Waals surface area contributed by atoms with Crippen LogP contribution in [-0.2, 0) is 10.0 Å². The SMILES string of the molecule is C=CCNC(=O)c1cccc(S(=O)(=O)N2CCC[C@H](c3ncon3)C2)c1. The minimum atomic E-state index is -3.72. The first-order valence-corrected chi connectivity index (χ1v) is 9.72. The number of carbonyl (C=O) groups is 1. The van der Waals surface area contributed by atoms with Gasteiger partial charge in [0.1, 0.15) is 0 Å². The molecule has 9 heteroatoms. The highest BCUT2D eigenvalue weighted by molar-refractivity contribution is 7.89. The molecule has 0 saturated carbocycles. The van der Waals surface area contributed by atoms with Crippen molar-refractivity contribution in [1.29, 1.82) is 0 Å². The standard InChI is InChI=1S/C17H20N4O4S/c1-2-8-18-17(22)13-5-3-7-15(10-13)26(23,24)21-9-4-6-14(11-21)16-19-12-25-20-16/h2-3,5,7,10,12,14H,1,4,6,8-9,11H2,(H,18,22)/t14-/m0/s1. The maximum absolute atomic E-state index is 13.0. The monoisotopic (exact) mass is 376 g/mol. The Morgan fingerprint density at radius 3 is 3.04 bits per heavy atom. The van der Waals surface area contributed by atoms with Crippen molar-refractivity contribution in [3.8, 4) is 0 Å². The van der Waals surface area contributed by atoms with Crippen LogP contribution in [0.4, 0.5) is 0 Å². The molecule has 26 heavy (non-hydrogen) atoms. The van der Waals surface area contributed by atoms with Gasteiger partial charge in [0.05, 0.1) is 4.90 Å². The molecular weight excluding hydrogens is 356 g/mol.